The van der Waals surface area contributed by atoms with Gasteiger partial charge in [-0.25, -0.2) is 9.37 Å². The van der Waals surface area contributed by atoms with E-state index in [1.807, 2.05) is 30.3 Å². The van der Waals surface area contributed by atoms with E-state index in [0.717, 1.165) is 46.0 Å². The molecule has 0 bridgehead atoms. The van der Waals surface area contributed by atoms with Crippen LogP contribution in [0.3, 0.4) is 0 Å². The first-order chi connectivity index (χ1) is 20.1. The number of halogens is 1. The average Bonchev–Trinajstić information content (AvgIpc) is 3.62. The van der Waals surface area contributed by atoms with Gasteiger partial charge in [-0.2, -0.15) is 5.10 Å². The highest BCUT2D eigenvalue weighted by molar-refractivity contribution is 5.98. The molecule has 3 N–H and O–H groups in total. The zero-order chi connectivity index (χ0) is 27.8. The molecule has 1 aliphatic carbocycles. The van der Waals surface area contributed by atoms with Crippen LogP contribution < -0.4 is 5.32 Å². The van der Waals surface area contributed by atoms with Crippen molar-refractivity contribution in [2.24, 2.45) is 5.92 Å². The first-order valence-corrected chi connectivity index (χ1v) is 14.0. The Hall–Kier alpha value is -4.92. The highest BCUT2D eigenvalue weighted by atomic mass is 19.1. The van der Waals surface area contributed by atoms with Crippen LogP contribution in [0.4, 0.5) is 10.1 Å². The molecule has 0 spiro atoms. The van der Waals surface area contributed by atoms with Crippen LogP contribution in [0, 0.1) is 11.7 Å². The Morgan fingerprint density at radius 3 is 2.59 bits per heavy atom. The topological polar surface area (TPSA) is 112 Å². The molecule has 8 nitrogen and oxygen atoms in total. The number of fused-ring (bicyclic) bond motifs is 2. The molecule has 6 aromatic rings. The normalized spacial score (nSPS) is 14.1. The number of rotatable bonds is 6. The SMILES string of the molecule is O=C(CC1CCCCC1)Nc1cncc(-c2ccc3[nH]nc(-c4nc5c(-c6ccc(F)cc6)nccc5[nH]4)c3c2)c1. The summed E-state index contributed by atoms with van der Waals surface area (Å²) in [6.45, 7) is 0. The molecule has 1 saturated carbocycles. The van der Waals surface area contributed by atoms with Crippen LogP contribution >= 0.6 is 0 Å². The third-order valence-corrected chi connectivity index (χ3v) is 7.86. The molecule has 4 heterocycles. The molecule has 1 amide bonds. The van der Waals surface area contributed by atoms with Gasteiger partial charge in [0.15, 0.2) is 5.82 Å². The molecule has 0 atom stereocenters. The van der Waals surface area contributed by atoms with Gasteiger partial charge in [0.1, 0.15) is 17.0 Å². The molecule has 0 unspecified atom stereocenters. The molecule has 204 valence electrons. The number of benzene rings is 2. The van der Waals surface area contributed by atoms with Crippen LogP contribution in [0.5, 0.6) is 0 Å². The molecule has 7 rings (SSSR count). The Morgan fingerprint density at radius 1 is 0.902 bits per heavy atom. The number of hydrogen-bond donors (Lipinski definition) is 3. The predicted octanol–water partition coefficient (Wildman–Crippen LogP) is 7.28. The predicted molar refractivity (Wildman–Crippen MR) is 157 cm³/mol. The molecule has 0 saturated heterocycles. The van der Waals surface area contributed by atoms with E-state index in [9.17, 15) is 9.18 Å². The van der Waals surface area contributed by atoms with Crippen LogP contribution in [0.15, 0.2) is 73.2 Å². The molecular weight excluding hydrogens is 517 g/mol. The van der Waals surface area contributed by atoms with Crippen molar-refractivity contribution in [2.75, 3.05) is 5.32 Å². The number of anilines is 1. The fourth-order valence-electron chi connectivity index (χ4n) is 5.77. The van der Waals surface area contributed by atoms with Gasteiger partial charge in [0.2, 0.25) is 5.91 Å². The maximum atomic E-state index is 13.5. The fourth-order valence-corrected chi connectivity index (χ4v) is 5.77. The number of imidazole rings is 1. The van der Waals surface area contributed by atoms with Crippen LogP contribution in [0.1, 0.15) is 38.5 Å². The van der Waals surface area contributed by atoms with Gasteiger partial charge in [-0.1, -0.05) is 25.3 Å². The smallest absolute Gasteiger partial charge is 0.224 e. The van der Waals surface area contributed by atoms with E-state index in [0.29, 0.717) is 40.8 Å². The Balaban J connectivity index is 1.19. The van der Waals surface area contributed by atoms with E-state index < -0.39 is 0 Å². The van der Waals surface area contributed by atoms with Crippen LogP contribution in [-0.4, -0.2) is 36.0 Å². The van der Waals surface area contributed by atoms with Crippen molar-refractivity contribution in [3.8, 4) is 33.9 Å². The number of carbonyl (C=O) groups excluding carboxylic acids is 1. The Morgan fingerprint density at radius 2 is 1.73 bits per heavy atom. The van der Waals surface area contributed by atoms with E-state index in [1.54, 1.807) is 30.7 Å². The first-order valence-electron chi connectivity index (χ1n) is 14.0. The third-order valence-electron chi connectivity index (χ3n) is 7.86. The van der Waals surface area contributed by atoms with Crippen molar-refractivity contribution in [3.63, 3.8) is 0 Å². The second-order valence-corrected chi connectivity index (χ2v) is 10.7. The Kier molecular flexibility index (Phi) is 6.47. The number of hydrogen-bond acceptors (Lipinski definition) is 5. The lowest BCUT2D eigenvalue weighted by Gasteiger charge is -2.20. The van der Waals surface area contributed by atoms with Gasteiger partial charge in [-0.3, -0.25) is 19.9 Å². The lowest BCUT2D eigenvalue weighted by molar-refractivity contribution is -0.117. The lowest BCUT2D eigenvalue weighted by Crippen LogP contribution is -2.18. The molecule has 1 aliphatic rings. The third kappa shape index (κ3) is 5.06. The number of amides is 1. The molecule has 4 aromatic heterocycles. The summed E-state index contributed by atoms with van der Waals surface area (Å²) < 4.78 is 13.5. The summed E-state index contributed by atoms with van der Waals surface area (Å²) >= 11 is 0. The zero-order valence-electron chi connectivity index (χ0n) is 22.3. The number of carbonyl (C=O) groups is 1. The molecule has 41 heavy (non-hydrogen) atoms. The van der Waals surface area contributed by atoms with Crippen molar-refractivity contribution in [1.82, 2.24) is 30.1 Å². The lowest BCUT2D eigenvalue weighted by atomic mass is 9.87. The second kappa shape index (κ2) is 10.6. The van der Waals surface area contributed by atoms with Crippen molar-refractivity contribution >= 4 is 33.5 Å². The molecule has 0 radical (unpaired) electrons. The summed E-state index contributed by atoms with van der Waals surface area (Å²) in [7, 11) is 0. The van der Waals surface area contributed by atoms with Crippen LogP contribution in [-0.2, 0) is 4.79 Å². The van der Waals surface area contributed by atoms with Crippen molar-refractivity contribution in [3.05, 3.63) is 79.0 Å². The molecule has 2 aromatic carbocycles. The summed E-state index contributed by atoms with van der Waals surface area (Å²) in [5, 5.41) is 11.6. The number of nitrogens with zero attached hydrogens (tertiary/aromatic N) is 4. The molecule has 1 fully saturated rings. The molecule has 0 aliphatic heterocycles. The summed E-state index contributed by atoms with van der Waals surface area (Å²) in [5.74, 6) is 0.817. The standard InChI is InChI=1S/C32H28FN7O/c33-23-9-6-20(7-10-23)29-31-27(12-13-35-29)37-32(38-31)30-25-16-21(8-11-26(25)39-40-30)22-15-24(18-34-17-22)36-28(41)14-19-4-2-1-3-5-19/h6-13,15-19H,1-5,14H2,(H,36,41)(H,37,38)(H,39,40). The number of nitrogens with one attached hydrogen (secondary N) is 3. The van der Waals surface area contributed by atoms with Crippen molar-refractivity contribution in [1.29, 1.82) is 0 Å². The van der Waals surface area contributed by atoms with Gasteiger partial charge >= 0.3 is 0 Å². The monoisotopic (exact) mass is 545 g/mol. The minimum atomic E-state index is -0.301. The highest BCUT2D eigenvalue weighted by Gasteiger charge is 2.18. The summed E-state index contributed by atoms with van der Waals surface area (Å²) in [4.78, 5) is 29.8. The largest absolute Gasteiger partial charge is 0.336 e. The van der Waals surface area contributed by atoms with E-state index in [1.165, 1.54) is 31.4 Å². The molecule has 9 heteroatoms. The zero-order valence-corrected chi connectivity index (χ0v) is 22.3. The van der Waals surface area contributed by atoms with Gasteiger partial charge in [0, 0.05) is 35.3 Å². The van der Waals surface area contributed by atoms with Gasteiger partial charge in [-0.15, -0.1) is 0 Å². The number of aromatic nitrogens is 6. The van der Waals surface area contributed by atoms with Gasteiger partial charge in [0.25, 0.3) is 0 Å². The van der Waals surface area contributed by atoms with Gasteiger partial charge < -0.3 is 10.3 Å². The maximum absolute atomic E-state index is 13.5. The quantitative estimate of drug-likeness (QED) is 0.204. The number of aromatic amines is 2. The van der Waals surface area contributed by atoms with E-state index in [2.05, 4.69) is 30.5 Å². The van der Waals surface area contributed by atoms with Crippen LogP contribution in [0.2, 0.25) is 0 Å². The summed E-state index contributed by atoms with van der Waals surface area (Å²) in [6, 6.07) is 16.1. The highest BCUT2D eigenvalue weighted by Crippen LogP contribution is 2.33. The minimum Gasteiger partial charge on any atom is -0.336 e. The summed E-state index contributed by atoms with van der Waals surface area (Å²) in [6.07, 6.45) is 11.7. The van der Waals surface area contributed by atoms with Crippen molar-refractivity contribution in [2.45, 2.75) is 38.5 Å². The Bertz CT molecular complexity index is 1870. The van der Waals surface area contributed by atoms with E-state index >= 15 is 0 Å². The molecular formula is C32H28FN7O. The maximum Gasteiger partial charge on any atom is 0.224 e. The fraction of sp³-hybridized carbons (Fsp3) is 0.219. The van der Waals surface area contributed by atoms with Crippen LogP contribution in [0.25, 0.3) is 55.8 Å². The first kappa shape index (κ1) is 25.1. The number of H-pyrrole nitrogens is 2. The van der Waals surface area contributed by atoms with Crippen molar-refractivity contribution < 1.29 is 9.18 Å². The second-order valence-electron chi connectivity index (χ2n) is 10.7. The van der Waals surface area contributed by atoms with Gasteiger partial charge in [0.05, 0.1) is 28.6 Å². The average molecular weight is 546 g/mol. The van der Waals surface area contributed by atoms with E-state index in [-0.39, 0.29) is 11.7 Å². The minimum absolute atomic E-state index is 0.0443. The van der Waals surface area contributed by atoms with E-state index in [4.69, 9.17) is 4.98 Å². The number of pyridine rings is 2. The Labute approximate surface area is 235 Å². The summed E-state index contributed by atoms with van der Waals surface area (Å²) in [5.41, 5.74) is 7.00. The van der Waals surface area contributed by atoms with Gasteiger partial charge in [-0.05, 0) is 72.9 Å².